The van der Waals surface area contributed by atoms with Gasteiger partial charge in [-0.05, 0) is 13.8 Å². The number of aromatic nitrogens is 4. The number of nitrogen functional groups attached to an aromatic ring is 1. The van der Waals surface area contributed by atoms with Gasteiger partial charge in [-0.3, -0.25) is 14.3 Å². The van der Waals surface area contributed by atoms with Crippen molar-refractivity contribution in [3.05, 3.63) is 16.7 Å². The zero-order valence-corrected chi connectivity index (χ0v) is 15.7. The molecule has 0 saturated carbocycles. The number of imidazole rings is 1. The number of hydrogen-bond donors (Lipinski definition) is 3. The van der Waals surface area contributed by atoms with Crippen molar-refractivity contribution in [1.82, 2.24) is 19.5 Å². The first-order chi connectivity index (χ1) is 13.2. The number of anilines is 1. The summed E-state index contributed by atoms with van der Waals surface area (Å²) in [5, 5.41) is 10.7. The number of rotatable bonds is 4. The second-order valence-corrected chi connectivity index (χ2v) is 7.83. The van der Waals surface area contributed by atoms with Gasteiger partial charge in [-0.15, -0.1) is 0 Å². The Labute approximate surface area is 157 Å². The Hall–Kier alpha value is -1.76. The average Bonchev–Trinajstić information content (AvgIpc) is 3.15. The fraction of sp³-hybridized carbons (Fsp3) is 0.643. The molecule has 2 saturated heterocycles. The van der Waals surface area contributed by atoms with Crippen LogP contribution in [-0.4, -0.2) is 61.6 Å². The van der Waals surface area contributed by atoms with Crippen LogP contribution in [0.3, 0.4) is 0 Å². The van der Waals surface area contributed by atoms with Crippen molar-refractivity contribution < 1.29 is 32.2 Å². The second-order valence-electron chi connectivity index (χ2n) is 6.71. The van der Waals surface area contributed by atoms with Gasteiger partial charge >= 0.3 is 8.60 Å². The molecule has 28 heavy (non-hydrogen) atoms. The zero-order chi connectivity index (χ0) is 20.2. The number of aliphatic hydroxyl groups excluding tert-OH is 1. The molecule has 4 N–H and O–H groups in total. The van der Waals surface area contributed by atoms with E-state index >= 15 is 0 Å². The zero-order valence-electron chi connectivity index (χ0n) is 14.8. The fourth-order valence-electron chi connectivity index (χ4n) is 3.16. The molecule has 0 aliphatic carbocycles. The first-order valence-electron chi connectivity index (χ1n) is 8.36. The summed E-state index contributed by atoms with van der Waals surface area (Å²) in [5.41, 5.74) is 2.63. The lowest BCUT2D eigenvalue weighted by atomic mass is 9.96. The molecule has 2 aliphatic heterocycles. The van der Waals surface area contributed by atoms with Gasteiger partial charge in [-0.1, -0.05) is 0 Å². The van der Waals surface area contributed by atoms with Gasteiger partial charge in [0.1, 0.15) is 12.2 Å². The Morgan fingerprint density at radius 1 is 1.54 bits per heavy atom. The number of aliphatic hydroxyl groups is 1. The quantitative estimate of drug-likeness (QED) is 0.606. The van der Waals surface area contributed by atoms with Crippen molar-refractivity contribution >= 4 is 25.7 Å². The maximum atomic E-state index is 13.9. The normalized spacial score (nSPS) is 33.1. The standard InChI is InChI=1S/C14H18F2N5O6P/c1-5(2)26-28-24-3-14(12(15)16)8(27-28)7(22)11(25-14)21-4-18-6-9(21)19-13(17)20-10(6)23/h4-5,7-8,11-12,22H,3H2,1-2H3,(H3,17,19,20,23)/t7-,8-,11+,14+,28?/m0/s1. The first kappa shape index (κ1) is 19.6. The third-order valence-electron chi connectivity index (χ3n) is 4.41. The first-order valence-corrected chi connectivity index (χ1v) is 9.45. The predicted molar refractivity (Wildman–Crippen MR) is 91.4 cm³/mol. The summed E-state index contributed by atoms with van der Waals surface area (Å²) < 4.78 is 50.8. The van der Waals surface area contributed by atoms with E-state index < -0.39 is 51.2 Å². The SMILES string of the molecule is CC(C)OP1OC[C@@]2(C(F)F)O[C@@H](n3cnc4c(=O)[nH]c(N)nc43)[C@@H](O)[C@@H]2O1. The molecule has 2 aromatic heterocycles. The molecule has 5 atom stereocenters. The third-order valence-corrected chi connectivity index (χ3v) is 5.74. The number of alkyl halides is 2. The van der Waals surface area contributed by atoms with Crippen molar-refractivity contribution in [2.75, 3.05) is 12.3 Å². The monoisotopic (exact) mass is 421 g/mol. The van der Waals surface area contributed by atoms with Crippen molar-refractivity contribution in [1.29, 1.82) is 0 Å². The highest BCUT2D eigenvalue weighted by Gasteiger charge is 2.65. The van der Waals surface area contributed by atoms with E-state index in [1.165, 1.54) is 4.57 Å². The van der Waals surface area contributed by atoms with E-state index in [2.05, 4.69) is 15.0 Å². The third kappa shape index (κ3) is 2.98. The van der Waals surface area contributed by atoms with Crippen molar-refractivity contribution in [2.45, 2.75) is 50.4 Å². The lowest BCUT2D eigenvalue weighted by Gasteiger charge is -2.39. The Morgan fingerprint density at radius 2 is 2.29 bits per heavy atom. The molecule has 2 aliphatic rings. The van der Waals surface area contributed by atoms with Crippen LogP contribution in [0.15, 0.2) is 11.1 Å². The van der Waals surface area contributed by atoms with Gasteiger partial charge in [-0.25, -0.2) is 13.8 Å². The molecule has 154 valence electrons. The predicted octanol–water partition coefficient (Wildman–Crippen LogP) is 0.663. The summed E-state index contributed by atoms with van der Waals surface area (Å²) in [6.45, 7) is 2.93. The van der Waals surface area contributed by atoms with Gasteiger partial charge in [0.05, 0.1) is 19.0 Å². The molecule has 14 heteroatoms. The summed E-state index contributed by atoms with van der Waals surface area (Å²) in [7, 11) is -1.94. The number of hydrogen-bond acceptors (Lipinski definition) is 9. The summed E-state index contributed by atoms with van der Waals surface area (Å²) >= 11 is 0. The van der Waals surface area contributed by atoms with Crippen molar-refractivity contribution in [2.24, 2.45) is 0 Å². The van der Waals surface area contributed by atoms with E-state index in [1.54, 1.807) is 13.8 Å². The van der Waals surface area contributed by atoms with E-state index in [9.17, 15) is 18.7 Å². The van der Waals surface area contributed by atoms with Crippen LogP contribution < -0.4 is 11.3 Å². The molecular weight excluding hydrogens is 403 g/mol. The van der Waals surface area contributed by atoms with Gasteiger partial charge in [0, 0.05) is 0 Å². The molecule has 11 nitrogen and oxygen atoms in total. The molecule has 0 radical (unpaired) electrons. The van der Waals surface area contributed by atoms with Crippen LogP contribution in [0.25, 0.3) is 11.2 Å². The van der Waals surface area contributed by atoms with Crippen LogP contribution in [0.2, 0.25) is 0 Å². The largest absolute Gasteiger partial charge is 0.386 e. The molecule has 0 aromatic carbocycles. The molecule has 4 heterocycles. The van der Waals surface area contributed by atoms with Crippen LogP contribution in [0.4, 0.5) is 14.7 Å². The van der Waals surface area contributed by atoms with Crippen LogP contribution >= 0.6 is 8.60 Å². The van der Waals surface area contributed by atoms with Crippen molar-refractivity contribution in [3.63, 3.8) is 0 Å². The molecule has 4 rings (SSSR count). The van der Waals surface area contributed by atoms with E-state index in [1.807, 2.05) is 0 Å². The lowest BCUT2D eigenvalue weighted by Crippen LogP contribution is -2.55. The van der Waals surface area contributed by atoms with Gasteiger partial charge in [-0.2, -0.15) is 4.98 Å². The highest BCUT2D eigenvalue weighted by Crippen LogP contribution is 2.56. The number of H-pyrrole nitrogens is 1. The highest BCUT2D eigenvalue weighted by molar-refractivity contribution is 7.41. The molecule has 2 fully saturated rings. The maximum Gasteiger partial charge on any atom is 0.333 e. The van der Waals surface area contributed by atoms with E-state index in [4.69, 9.17) is 24.0 Å². The summed E-state index contributed by atoms with van der Waals surface area (Å²) in [4.78, 5) is 22.1. The Morgan fingerprint density at radius 3 is 2.96 bits per heavy atom. The number of nitrogens with one attached hydrogen (secondary N) is 1. The van der Waals surface area contributed by atoms with Crippen LogP contribution in [0.1, 0.15) is 20.1 Å². The Balaban J connectivity index is 1.72. The highest BCUT2D eigenvalue weighted by atomic mass is 31.2. The van der Waals surface area contributed by atoms with Gasteiger partial charge < -0.3 is 29.1 Å². The minimum absolute atomic E-state index is 0.0185. The number of nitrogens with zero attached hydrogens (tertiary/aromatic N) is 3. The second kappa shape index (κ2) is 6.94. The van der Waals surface area contributed by atoms with Crippen LogP contribution in [0.5, 0.6) is 0 Å². The summed E-state index contributed by atoms with van der Waals surface area (Å²) in [6.07, 6.45) is -6.44. The van der Waals surface area contributed by atoms with E-state index in [0.29, 0.717) is 0 Å². The van der Waals surface area contributed by atoms with Crippen molar-refractivity contribution in [3.8, 4) is 0 Å². The molecule has 0 bridgehead atoms. The fourth-order valence-corrected chi connectivity index (χ4v) is 4.47. The minimum atomic E-state index is -3.02. The molecule has 1 unspecified atom stereocenters. The topological polar surface area (TPSA) is 147 Å². The summed E-state index contributed by atoms with van der Waals surface area (Å²) in [6, 6.07) is 0. The average molecular weight is 421 g/mol. The van der Waals surface area contributed by atoms with Gasteiger partial charge in [0.25, 0.3) is 12.0 Å². The minimum Gasteiger partial charge on any atom is -0.386 e. The lowest BCUT2D eigenvalue weighted by molar-refractivity contribution is -0.203. The van der Waals surface area contributed by atoms with Gasteiger partial charge in [0.2, 0.25) is 5.95 Å². The van der Waals surface area contributed by atoms with Crippen LogP contribution in [-0.2, 0) is 18.3 Å². The molecular formula is C14H18F2N5O6P. The van der Waals surface area contributed by atoms with E-state index in [0.717, 1.165) is 6.33 Å². The summed E-state index contributed by atoms with van der Waals surface area (Å²) in [5.74, 6) is -0.193. The number of halogens is 2. The van der Waals surface area contributed by atoms with Gasteiger partial charge in [0.15, 0.2) is 23.0 Å². The van der Waals surface area contributed by atoms with E-state index in [-0.39, 0.29) is 23.2 Å². The number of fused-ring (bicyclic) bond motifs is 2. The number of ether oxygens (including phenoxy) is 1. The molecule has 0 spiro atoms. The Bertz CT molecular complexity index is 941. The molecule has 0 amide bonds. The number of nitrogens with two attached hydrogens (primary N) is 1. The Kier molecular flexibility index (Phi) is 4.84. The number of aromatic amines is 1. The molecule has 2 aromatic rings. The maximum absolute atomic E-state index is 13.9. The van der Waals surface area contributed by atoms with Crippen LogP contribution in [0, 0.1) is 0 Å². The smallest absolute Gasteiger partial charge is 0.333 e.